The molecule has 19 heavy (non-hydrogen) atoms. The molecule has 0 aromatic heterocycles. The maximum Gasteiger partial charge on any atom is 0.239 e. The van der Waals surface area contributed by atoms with E-state index in [1.54, 1.807) is 0 Å². The molecule has 0 fully saturated rings. The van der Waals surface area contributed by atoms with Crippen LogP contribution in [-0.2, 0) is 4.79 Å². The lowest BCUT2D eigenvalue weighted by Gasteiger charge is -2.12. The van der Waals surface area contributed by atoms with E-state index in [4.69, 9.17) is 0 Å². The predicted molar refractivity (Wildman–Crippen MR) is 80.6 cm³/mol. The number of carbonyl (C=O) groups excluding carboxylic acids is 1. The van der Waals surface area contributed by atoms with Crippen molar-refractivity contribution < 1.29 is 4.79 Å². The van der Waals surface area contributed by atoms with Crippen molar-refractivity contribution in [1.29, 1.82) is 0 Å². The first-order valence-corrected chi connectivity index (χ1v) is 6.72. The molecule has 0 saturated heterocycles. The van der Waals surface area contributed by atoms with Gasteiger partial charge in [0.25, 0.3) is 0 Å². The number of aryl methyl sites for hydroxylation is 1. The van der Waals surface area contributed by atoms with Gasteiger partial charge in [0, 0.05) is 12.2 Å². The van der Waals surface area contributed by atoms with Crippen molar-refractivity contribution in [3.63, 3.8) is 0 Å². The molecule has 0 heterocycles. The first kappa shape index (κ1) is 15.5. The summed E-state index contributed by atoms with van der Waals surface area (Å²) in [6.45, 7) is 6.18. The summed E-state index contributed by atoms with van der Waals surface area (Å²) in [5.41, 5.74) is 3.46. The molecule has 1 aromatic rings. The van der Waals surface area contributed by atoms with Crippen LogP contribution in [0.5, 0.6) is 0 Å². The molecule has 0 bridgehead atoms. The lowest BCUT2D eigenvalue weighted by molar-refractivity contribution is -0.119. The molecule has 0 aliphatic heterocycles. The molecule has 0 atom stereocenters. The van der Waals surface area contributed by atoms with E-state index < -0.39 is 0 Å². The highest BCUT2D eigenvalue weighted by atomic mass is 16.1. The molecule has 0 aliphatic carbocycles. The van der Waals surface area contributed by atoms with Crippen LogP contribution in [0.4, 0.5) is 5.69 Å². The maximum atomic E-state index is 11.7. The van der Waals surface area contributed by atoms with E-state index in [0.29, 0.717) is 6.54 Å². The third kappa shape index (κ3) is 5.75. The number of nitrogens with one attached hydrogen (secondary N) is 2. The highest BCUT2D eigenvalue weighted by Crippen LogP contribution is 2.17. The molecule has 0 radical (unpaired) electrons. The zero-order chi connectivity index (χ0) is 14.3. The van der Waals surface area contributed by atoms with Crippen LogP contribution in [0.2, 0.25) is 0 Å². The summed E-state index contributed by atoms with van der Waals surface area (Å²) < 4.78 is 0. The Morgan fingerprint density at radius 3 is 2.68 bits per heavy atom. The van der Waals surface area contributed by atoms with Gasteiger partial charge in [-0.1, -0.05) is 12.1 Å². The Balaban J connectivity index is 2.28. The van der Waals surface area contributed by atoms with Crippen LogP contribution < -0.4 is 10.6 Å². The third-order valence-electron chi connectivity index (χ3n) is 3.15. The number of nitrogens with zero attached hydrogens (tertiary/aromatic N) is 1. The number of hydrogen-bond acceptors (Lipinski definition) is 3. The van der Waals surface area contributed by atoms with E-state index in [1.165, 1.54) is 11.1 Å². The van der Waals surface area contributed by atoms with Crippen LogP contribution in [0.1, 0.15) is 17.5 Å². The second-order valence-corrected chi connectivity index (χ2v) is 5.11. The number of hydrogen-bond donors (Lipinski definition) is 2. The van der Waals surface area contributed by atoms with Gasteiger partial charge in [0.1, 0.15) is 0 Å². The molecule has 0 spiro atoms. The maximum absolute atomic E-state index is 11.7. The van der Waals surface area contributed by atoms with Gasteiger partial charge in [0.15, 0.2) is 0 Å². The minimum absolute atomic E-state index is 0.0414. The van der Waals surface area contributed by atoms with Gasteiger partial charge in [0.2, 0.25) is 5.91 Å². The lowest BCUT2D eigenvalue weighted by atomic mass is 10.1. The van der Waals surface area contributed by atoms with E-state index in [1.807, 2.05) is 26.2 Å². The number of carbonyl (C=O) groups is 1. The highest BCUT2D eigenvalue weighted by Gasteiger charge is 2.03. The topological polar surface area (TPSA) is 44.4 Å². The lowest BCUT2D eigenvalue weighted by Crippen LogP contribution is -2.32. The Kier molecular flexibility index (Phi) is 6.36. The normalized spacial score (nSPS) is 10.6. The third-order valence-corrected chi connectivity index (χ3v) is 3.15. The zero-order valence-corrected chi connectivity index (χ0v) is 12.4. The molecule has 1 aromatic carbocycles. The van der Waals surface area contributed by atoms with E-state index in [-0.39, 0.29) is 5.91 Å². The fourth-order valence-electron chi connectivity index (χ4n) is 1.80. The second kappa shape index (κ2) is 7.79. The van der Waals surface area contributed by atoms with E-state index in [9.17, 15) is 4.79 Å². The Morgan fingerprint density at radius 2 is 2.00 bits per heavy atom. The minimum atomic E-state index is 0.0414. The van der Waals surface area contributed by atoms with E-state index in [2.05, 4.69) is 35.4 Å². The van der Waals surface area contributed by atoms with Gasteiger partial charge in [-0.25, -0.2) is 0 Å². The molecule has 1 rings (SSSR count). The Labute approximate surface area is 116 Å². The molecule has 4 nitrogen and oxygen atoms in total. The monoisotopic (exact) mass is 263 g/mol. The molecule has 2 N–H and O–H groups in total. The van der Waals surface area contributed by atoms with Crippen LogP contribution in [0.15, 0.2) is 18.2 Å². The summed E-state index contributed by atoms with van der Waals surface area (Å²) in [5, 5.41) is 6.09. The van der Waals surface area contributed by atoms with Crippen molar-refractivity contribution in [3.8, 4) is 0 Å². The molecule has 0 saturated carbocycles. The molecule has 0 unspecified atom stereocenters. The van der Waals surface area contributed by atoms with Crippen LogP contribution in [0.3, 0.4) is 0 Å². The Bertz CT molecular complexity index is 416. The largest absolute Gasteiger partial charge is 0.376 e. The van der Waals surface area contributed by atoms with Gasteiger partial charge in [-0.15, -0.1) is 0 Å². The highest BCUT2D eigenvalue weighted by molar-refractivity contribution is 5.81. The van der Waals surface area contributed by atoms with E-state index in [0.717, 1.165) is 25.2 Å². The molecule has 4 heteroatoms. The Morgan fingerprint density at radius 1 is 1.26 bits per heavy atom. The number of rotatable bonds is 7. The van der Waals surface area contributed by atoms with Gasteiger partial charge in [0.05, 0.1) is 6.54 Å². The van der Waals surface area contributed by atoms with Gasteiger partial charge in [-0.3, -0.25) is 4.79 Å². The van der Waals surface area contributed by atoms with Crippen LogP contribution in [0.25, 0.3) is 0 Å². The fourth-order valence-corrected chi connectivity index (χ4v) is 1.80. The molecular weight excluding hydrogens is 238 g/mol. The summed E-state index contributed by atoms with van der Waals surface area (Å²) in [6.07, 6.45) is 0.974. The summed E-state index contributed by atoms with van der Waals surface area (Å²) in [4.78, 5) is 13.8. The fraction of sp³-hybridized carbons (Fsp3) is 0.533. The van der Waals surface area contributed by atoms with Gasteiger partial charge >= 0.3 is 0 Å². The van der Waals surface area contributed by atoms with Crippen LogP contribution in [0, 0.1) is 13.8 Å². The van der Waals surface area contributed by atoms with Crippen LogP contribution in [-0.4, -0.2) is 44.5 Å². The average molecular weight is 263 g/mol. The zero-order valence-electron chi connectivity index (χ0n) is 12.4. The standard InChI is InChI=1S/C15H25N3O/c1-12-7-5-8-14(13(12)2)17-11-15(19)16-9-6-10-18(3)4/h5,7-8,17H,6,9-11H2,1-4H3,(H,16,19). The second-order valence-electron chi connectivity index (χ2n) is 5.11. The number of benzene rings is 1. The SMILES string of the molecule is Cc1cccc(NCC(=O)NCCCN(C)C)c1C. The molecule has 106 valence electrons. The van der Waals surface area contributed by atoms with Crippen molar-refractivity contribution in [3.05, 3.63) is 29.3 Å². The minimum Gasteiger partial charge on any atom is -0.376 e. The summed E-state index contributed by atoms with van der Waals surface area (Å²) in [6, 6.07) is 6.07. The van der Waals surface area contributed by atoms with E-state index >= 15 is 0 Å². The van der Waals surface area contributed by atoms with Crippen molar-refractivity contribution in [2.75, 3.05) is 39.0 Å². The number of anilines is 1. The first-order chi connectivity index (χ1) is 9.00. The summed E-state index contributed by atoms with van der Waals surface area (Å²) >= 11 is 0. The smallest absolute Gasteiger partial charge is 0.239 e. The molecule has 0 aliphatic rings. The average Bonchev–Trinajstić information content (AvgIpc) is 2.36. The quantitative estimate of drug-likeness (QED) is 0.737. The van der Waals surface area contributed by atoms with Crippen LogP contribution >= 0.6 is 0 Å². The molecule has 1 amide bonds. The molecular formula is C15H25N3O. The van der Waals surface area contributed by atoms with Crippen molar-refractivity contribution in [2.45, 2.75) is 20.3 Å². The first-order valence-electron chi connectivity index (χ1n) is 6.72. The van der Waals surface area contributed by atoms with Crippen molar-refractivity contribution >= 4 is 11.6 Å². The Hall–Kier alpha value is -1.55. The van der Waals surface area contributed by atoms with Gasteiger partial charge < -0.3 is 15.5 Å². The summed E-state index contributed by atoms with van der Waals surface area (Å²) in [5.74, 6) is 0.0414. The van der Waals surface area contributed by atoms with Crippen molar-refractivity contribution in [1.82, 2.24) is 10.2 Å². The number of amides is 1. The van der Waals surface area contributed by atoms with Gasteiger partial charge in [-0.05, 0) is 58.1 Å². The van der Waals surface area contributed by atoms with Crippen molar-refractivity contribution in [2.24, 2.45) is 0 Å². The summed E-state index contributed by atoms with van der Waals surface area (Å²) in [7, 11) is 4.06. The predicted octanol–water partition coefficient (Wildman–Crippen LogP) is 1.78. The van der Waals surface area contributed by atoms with Gasteiger partial charge in [-0.2, -0.15) is 0 Å².